The molecule has 92 valence electrons. The number of carbonyl (C=O) groups is 1. The first-order valence-corrected chi connectivity index (χ1v) is 6.12. The average Bonchev–Trinajstić information content (AvgIpc) is 2.77. The zero-order valence-electron chi connectivity index (χ0n) is 9.37. The van der Waals surface area contributed by atoms with Crippen LogP contribution in [0.3, 0.4) is 0 Å². The molecule has 1 aliphatic heterocycles. The largest absolute Gasteiger partial charge is 0.469 e. The minimum atomic E-state index is -0.203. The van der Waals surface area contributed by atoms with E-state index in [1.807, 2.05) is 6.07 Å². The second kappa shape index (κ2) is 5.25. The molecule has 5 heteroatoms. The summed E-state index contributed by atoms with van der Waals surface area (Å²) in [6.45, 7) is 1.34. The molecule has 0 aromatic heterocycles. The first kappa shape index (κ1) is 12.7. The van der Waals surface area contributed by atoms with Gasteiger partial charge in [-0.05, 0) is 17.7 Å². The van der Waals surface area contributed by atoms with Crippen LogP contribution in [0.15, 0.2) is 18.2 Å². The minimum absolute atomic E-state index is 0.0483. The quantitative estimate of drug-likeness (QED) is 0.842. The Kier molecular flexibility index (Phi) is 3.92. The molecule has 1 saturated heterocycles. The lowest BCUT2D eigenvalue weighted by molar-refractivity contribution is -0.145. The highest BCUT2D eigenvalue weighted by Crippen LogP contribution is 2.34. The molecular formula is C12H13Cl2NO2. The number of methoxy groups -OCH3 is 1. The normalized spacial score (nSPS) is 23.7. The maximum absolute atomic E-state index is 11.6. The predicted molar refractivity (Wildman–Crippen MR) is 67.6 cm³/mol. The molecule has 1 aromatic rings. The summed E-state index contributed by atoms with van der Waals surface area (Å²) in [6, 6.07) is 5.36. The van der Waals surface area contributed by atoms with E-state index in [4.69, 9.17) is 27.9 Å². The van der Waals surface area contributed by atoms with Gasteiger partial charge in [0, 0.05) is 29.1 Å². The van der Waals surface area contributed by atoms with Gasteiger partial charge in [-0.25, -0.2) is 0 Å². The second-order valence-corrected chi connectivity index (χ2v) is 4.90. The molecule has 0 radical (unpaired) electrons. The maximum Gasteiger partial charge on any atom is 0.310 e. The highest BCUT2D eigenvalue weighted by atomic mass is 35.5. The van der Waals surface area contributed by atoms with E-state index in [0.717, 1.165) is 12.1 Å². The molecule has 0 bridgehead atoms. The number of ether oxygens (including phenoxy) is 1. The molecule has 17 heavy (non-hydrogen) atoms. The fourth-order valence-corrected chi connectivity index (χ4v) is 2.76. The molecule has 0 spiro atoms. The number of benzene rings is 1. The van der Waals surface area contributed by atoms with Crippen LogP contribution in [0.2, 0.25) is 10.0 Å². The van der Waals surface area contributed by atoms with Gasteiger partial charge in [0.25, 0.3) is 0 Å². The van der Waals surface area contributed by atoms with Crippen LogP contribution in [0, 0.1) is 5.92 Å². The van der Waals surface area contributed by atoms with E-state index in [0.29, 0.717) is 16.6 Å². The molecule has 2 atom stereocenters. The minimum Gasteiger partial charge on any atom is -0.469 e. The zero-order valence-corrected chi connectivity index (χ0v) is 10.9. The first-order valence-electron chi connectivity index (χ1n) is 5.37. The number of nitrogens with one attached hydrogen (secondary N) is 1. The summed E-state index contributed by atoms with van der Waals surface area (Å²) in [6.07, 6.45) is 0. The van der Waals surface area contributed by atoms with Gasteiger partial charge in [0.05, 0.1) is 13.0 Å². The number of esters is 1. The van der Waals surface area contributed by atoms with Crippen LogP contribution in [0.1, 0.15) is 11.5 Å². The van der Waals surface area contributed by atoms with Crippen molar-refractivity contribution in [2.24, 2.45) is 5.92 Å². The number of hydrogen-bond acceptors (Lipinski definition) is 3. The first-order chi connectivity index (χ1) is 8.13. The Morgan fingerprint density at radius 2 is 2.18 bits per heavy atom. The third-order valence-corrected chi connectivity index (χ3v) is 3.64. The van der Waals surface area contributed by atoms with Gasteiger partial charge in [0.1, 0.15) is 0 Å². The molecular weight excluding hydrogens is 261 g/mol. The van der Waals surface area contributed by atoms with Crippen LogP contribution in [0.4, 0.5) is 0 Å². The van der Waals surface area contributed by atoms with Gasteiger partial charge in [-0.2, -0.15) is 0 Å². The molecule has 1 heterocycles. The van der Waals surface area contributed by atoms with Gasteiger partial charge in [-0.15, -0.1) is 0 Å². The summed E-state index contributed by atoms with van der Waals surface area (Å²) >= 11 is 12.0. The highest BCUT2D eigenvalue weighted by molar-refractivity contribution is 6.35. The van der Waals surface area contributed by atoms with Crippen LogP contribution in [0.5, 0.6) is 0 Å². The van der Waals surface area contributed by atoms with Gasteiger partial charge in [0.2, 0.25) is 0 Å². The lowest BCUT2D eigenvalue weighted by Gasteiger charge is -2.18. The number of carbonyl (C=O) groups excluding carboxylic acids is 1. The zero-order chi connectivity index (χ0) is 12.4. The van der Waals surface area contributed by atoms with E-state index in [1.54, 1.807) is 12.1 Å². The Bertz CT molecular complexity index is 437. The lowest BCUT2D eigenvalue weighted by atomic mass is 9.89. The summed E-state index contributed by atoms with van der Waals surface area (Å²) in [7, 11) is 1.40. The Hall–Kier alpha value is -0.770. The molecule has 1 fully saturated rings. The molecule has 2 rings (SSSR count). The van der Waals surface area contributed by atoms with E-state index in [2.05, 4.69) is 5.32 Å². The third-order valence-electron chi connectivity index (χ3n) is 3.08. The fourth-order valence-electron chi connectivity index (χ4n) is 2.21. The van der Waals surface area contributed by atoms with Crippen molar-refractivity contribution in [2.75, 3.05) is 20.2 Å². The second-order valence-electron chi connectivity index (χ2n) is 4.06. The molecule has 0 amide bonds. The van der Waals surface area contributed by atoms with Crippen molar-refractivity contribution in [1.29, 1.82) is 0 Å². The number of rotatable bonds is 2. The Morgan fingerprint density at radius 3 is 2.82 bits per heavy atom. The van der Waals surface area contributed by atoms with E-state index in [1.165, 1.54) is 7.11 Å². The van der Waals surface area contributed by atoms with E-state index >= 15 is 0 Å². The fraction of sp³-hybridized carbons (Fsp3) is 0.417. The topological polar surface area (TPSA) is 38.3 Å². The molecule has 3 nitrogen and oxygen atoms in total. The summed E-state index contributed by atoms with van der Waals surface area (Å²) in [4.78, 5) is 11.6. The van der Waals surface area contributed by atoms with Crippen LogP contribution in [0.25, 0.3) is 0 Å². The van der Waals surface area contributed by atoms with Gasteiger partial charge in [-0.3, -0.25) is 4.79 Å². The average molecular weight is 274 g/mol. The summed E-state index contributed by atoms with van der Waals surface area (Å²) in [5.74, 6) is -0.336. The van der Waals surface area contributed by atoms with Crippen LogP contribution in [-0.4, -0.2) is 26.2 Å². The maximum atomic E-state index is 11.6. The Labute approximate surface area is 110 Å². The van der Waals surface area contributed by atoms with Gasteiger partial charge in [0.15, 0.2) is 0 Å². The summed E-state index contributed by atoms with van der Waals surface area (Å²) < 4.78 is 4.80. The van der Waals surface area contributed by atoms with E-state index in [-0.39, 0.29) is 17.8 Å². The highest BCUT2D eigenvalue weighted by Gasteiger charge is 2.35. The van der Waals surface area contributed by atoms with Gasteiger partial charge < -0.3 is 10.1 Å². The van der Waals surface area contributed by atoms with Crippen LogP contribution in [-0.2, 0) is 9.53 Å². The smallest absolute Gasteiger partial charge is 0.310 e. The molecule has 0 unspecified atom stereocenters. The van der Waals surface area contributed by atoms with Crippen molar-refractivity contribution in [3.63, 3.8) is 0 Å². The van der Waals surface area contributed by atoms with Crippen molar-refractivity contribution in [3.8, 4) is 0 Å². The van der Waals surface area contributed by atoms with Crippen molar-refractivity contribution >= 4 is 29.2 Å². The third kappa shape index (κ3) is 2.57. The summed E-state index contributed by atoms with van der Waals surface area (Å²) in [5, 5.41) is 4.38. The molecule has 1 aliphatic rings. The summed E-state index contributed by atoms with van der Waals surface area (Å²) in [5.41, 5.74) is 0.941. The number of halogens is 2. The van der Waals surface area contributed by atoms with Crippen molar-refractivity contribution in [1.82, 2.24) is 5.32 Å². The Morgan fingerprint density at radius 1 is 1.41 bits per heavy atom. The van der Waals surface area contributed by atoms with Gasteiger partial charge in [-0.1, -0.05) is 29.3 Å². The van der Waals surface area contributed by atoms with Crippen LogP contribution >= 0.6 is 23.2 Å². The van der Waals surface area contributed by atoms with Crippen molar-refractivity contribution < 1.29 is 9.53 Å². The van der Waals surface area contributed by atoms with Crippen molar-refractivity contribution in [3.05, 3.63) is 33.8 Å². The predicted octanol–water partition coefficient (Wildman–Crippen LogP) is 2.47. The van der Waals surface area contributed by atoms with Crippen LogP contribution < -0.4 is 5.32 Å². The van der Waals surface area contributed by atoms with E-state index in [9.17, 15) is 4.79 Å². The number of hydrogen-bond donors (Lipinski definition) is 1. The molecule has 1 N–H and O–H groups in total. The monoisotopic (exact) mass is 273 g/mol. The Balaban J connectivity index is 2.29. The molecule has 0 aliphatic carbocycles. The molecule has 0 saturated carbocycles. The SMILES string of the molecule is COC(=O)[C@H]1CNC[C@@H]1c1ccc(Cl)cc1Cl. The standard InChI is InChI=1S/C12H13Cl2NO2/c1-17-12(16)10-6-15-5-9(10)8-3-2-7(13)4-11(8)14/h2-4,9-10,15H,5-6H2,1H3/t9-,10+/m1/s1. The van der Waals surface area contributed by atoms with Gasteiger partial charge >= 0.3 is 5.97 Å². The van der Waals surface area contributed by atoms with Crippen molar-refractivity contribution in [2.45, 2.75) is 5.92 Å². The lowest BCUT2D eigenvalue weighted by Crippen LogP contribution is -2.23. The molecule has 1 aromatic carbocycles. The van der Waals surface area contributed by atoms with E-state index < -0.39 is 0 Å².